The summed E-state index contributed by atoms with van der Waals surface area (Å²) in [6.45, 7) is 0. The molecule has 0 fully saturated rings. The van der Waals surface area contributed by atoms with E-state index in [1.54, 1.807) is 0 Å². The summed E-state index contributed by atoms with van der Waals surface area (Å²) in [4.78, 5) is 0. The van der Waals surface area contributed by atoms with Gasteiger partial charge >= 0.3 is 0 Å². The summed E-state index contributed by atoms with van der Waals surface area (Å²) in [6.07, 6.45) is 0. The SMILES string of the molecule is c1ccc2c(-c3cc4cc5c(cc(-c6csc7ccccc67)c6ccc7c8ccccc8sc7c65)cc4c4c3ccc3c5ccccc5sc34)csc2c1. The summed E-state index contributed by atoms with van der Waals surface area (Å²) in [5.74, 6) is 0. The highest BCUT2D eigenvalue weighted by Gasteiger charge is 2.21. The smallest absolute Gasteiger partial charge is 0.0440 e. The van der Waals surface area contributed by atoms with E-state index in [1.807, 2.05) is 45.3 Å². The van der Waals surface area contributed by atoms with Crippen LogP contribution in [0.3, 0.4) is 0 Å². The zero-order valence-corrected chi connectivity index (χ0v) is 31.9. The van der Waals surface area contributed by atoms with Gasteiger partial charge in [0.05, 0.1) is 0 Å². The van der Waals surface area contributed by atoms with Gasteiger partial charge < -0.3 is 0 Å². The van der Waals surface area contributed by atoms with Gasteiger partial charge in [0.15, 0.2) is 0 Å². The van der Waals surface area contributed by atoms with E-state index in [0.717, 1.165) is 0 Å². The lowest BCUT2D eigenvalue weighted by Crippen LogP contribution is -1.88. The Balaban J connectivity index is 1.25. The average Bonchev–Trinajstić information content (AvgIpc) is 4.02. The average molecular weight is 755 g/mol. The van der Waals surface area contributed by atoms with Crippen molar-refractivity contribution in [3.8, 4) is 22.3 Å². The zero-order valence-electron chi connectivity index (χ0n) is 28.6. The van der Waals surface area contributed by atoms with Crippen LogP contribution in [0.15, 0.2) is 156 Å². The second-order valence-corrected chi connectivity index (χ2v) is 18.3. The van der Waals surface area contributed by atoms with Gasteiger partial charge in [0.1, 0.15) is 0 Å². The van der Waals surface area contributed by atoms with Gasteiger partial charge in [0, 0.05) is 82.4 Å². The summed E-state index contributed by atoms with van der Waals surface area (Å²) < 4.78 is 8.07. The van der Waals surface area contributed by atoms with E-state index in [2.05, 4.69) is 156 Å². The number of fused-ring (bicyclic) bond motifs is 16. The number of hydrogen-bond acceptors (Lipinski definition) is 4. The Morgan fingerprint density at radius 3 is 1.13 bits per heavy atom. The van der Waals surface area contributed by atoms with Crippen molar-refractivity contribution in [2.45, 2.75) is 0 Å². The van der Waals surface area contributed by atoms with Crippen molar-refractivity contribution in [2.24, 2.45) is 0 Å². The molecule has 0 aliphatic rings. The first-order valence-electron chi connectivity index (χ1n) is 18.2. The first-order chi connectivity index (χ1) is 26.8. The molecule has 0 radical (unpaired) electrons. The molecule has 54 heavy (non-hydrogen) atoms. The highest BCUT2D eigenvalue weighted by Crippen LogP contribution is 2.50. The summed E-state index contributed by atoms with van der Waals surface area (Å²) in [6, 6.07) is 55.1. The van der Waals surface area contributed by atoms with Crippen molar-refractivity contribution in [3.05, 3.63) is 156 Å². The molecule has 0 atom stereocenters. The molecule has 4 heterocycles. The molecule has 0 nitrogen and oxygen atoms in total. The quantitative estimate of drug-likeness (QED) is 0.122. The maximum Gasteiger partial charge on any atom is 0.0440 e. The summed E-state index contributed by atoms with van der Waals surface area (Å²) in [5.41, 5.74) is 5.26. The molecule has 0 amide bonds. The molecule has 0 bridgehead atoms. The molecule has 13 rings (SSSR count). The van der Waals surface area contributed by atoms with Gasteiger partial charge in [0.2, 0.25) is 0 Å². The fourth-order valence-electron chi connectivity index (χ4n) is 9.15. The second kappa shape index (κ2) is 11.0. The fraction of sp³-hybridized carbons (Fsp3) is 0. The minimum Gasteiger partial charge on any atom is -0.143 e. The van der Waals surface area contributed by atoms with Crippen LogP contribution in [0, 0.1) is 0 Å². The molecule has 9 aromatic carbocycles. The lowest BCUT2D eigenvalue weighted by atomic mass is 9.88. The third kappa shape index (κ3) is 4.01. The Morgan fingerprint density at radius 1 is 0.278 bits per heavy atom. The van der Waals surface area contributed by atoms with E-state index >= 15 is 0 Å². The molecule has 0 N–H and O–H groups in total. The van der Waals surface area contributed by atoms with Crippen LogP contribution in [0.4, 0.5) is 0 Å². The predicted molar refractivity (Wildman–Crippen MR) is 244 cm³/mol. The van der Waals surface area contributed by atoms with Gasteiger partial charge in [-0.1, -0.05) is 97.1 Å². The molecule has 0 aliphatic heterocycles. The monoisotopic (exact) mass is 754 g/mol. The molecule has 0 saturated carbocycles. The predicted octanol–water partition coefficient (Wildman–Crippen LogP) is 16.8. The summed E-state index contributed by atoms with van der Waals surface area (Å²) >= 11 is 7.56. The third-order valence-electron chi connectivity index (χ3n) is 11.6. The van der Waals surface area contributed by atoms with Crippen LogP contribution in [0.5, 0.6) is 0 Å². The highest BCUT2D eigenvalue weighted by molar-refractivity contribution is 7.27. The van der Waals surface area contributed by atoms with Gasteiger partial charge in [-0.15, -0.1) is 45.3 Å². The van der Waals surface area contributed by atoms with Crippen molar-refractivity contribution in [3.63, 3.8) is 0 Å². The summed E-state index contributed by atoms with van der Waals surface area (Å²) in [5, 5.41) is 23.3. The molecule has 13 aromatic rings. The lowest BCUT2D eigenvalue weighted by molar-refractivity contribution is 1.79. The van der Waals surface area contributed by atoms with Crippen LogP contribution in [-0.4, -0.2) is 0 Å². The Kier molecular flexibility index (Phi) is 6.05. The third-order valence-corrected chi connectivity index (χ3v) is 15.9. The summed E-state index contributed by atoms with van der Waals surface area (Å²) in [7, 11) is 0. The van der Waals surface area contributed by atoms with Crippen molar-refractivity contribution in [1.29, 1.82) is 0 Å². The molecule has 250 valence electrons. The standard InChI is InChI=1S/C50H26S4/c1-5-13-43-31(11-1)41(25-51-43)39-23-27-21-38-28(22-37(27)47-33(39)17-19-35-29-9-3-7-15-45(29)53-49(35)47)24-40(42-26-52-44-14-6-2-12-32(42)44)34-18-20-36-30-10-4-8-16-46(30)54-50(36)48(34)38/h1-26H. The van der Waals surface area contributed by atoms with Gasteiger partial charge in [-0.05, 0) is 103 Å². The zero-order chi connectivity index (χ0) is 35.1. The van der Waals surface area contributed by atoms with Crippen LogP contribution in [-0.2, 0) is 0 Å². The van der Waals surface area contributed by atoms with Crippen molar-refractivity contribution in [1.82, 2.24) is 0 Å². The van der Waals surface area contributed by atoms with E-state index in [9.17, 15) is 0 Å². The van der Waals surface area contributed by atoms with Gasteiger partial charge in [-0.25, -0.2) is 0 Å². The Morgan fingerprint density at radius 2 is 0.667 bits per heavy atom. The van der Waals surface area contributed by atoms with E-state index < -0.39 is 0 Å². The van der Waals surface area contributed by atoms with Gasteiger partial charge in [-0.3, -0.25) is 0 Å². The van der Waals surface area contributed by atoms with E-state index in [0.29, 0.717) is 0 Å². The molecule has 4 heteroatoms. The van der Waals surface area contributed by atoms with Gasteiger partial charge in [0.25, 0.3) is 0 Å². The molecule has 0 spiro atoms. The molecule has 0 saturated heterocycles. The Bertz CT molecular complexity index is 3490. The number of thiophene rings is 4. The topological polar surface area (TPSA) is 0 Å². The minimum absolute atomic E-state index is 1.29. The van der Waals surface area contributed by atoms with Crippen LogP contribution >= 0.6 is 45.3 Å². The number of hydrogen-bond donors (Lipinski definition) is 0. The highest BCUT2D eigenvalue weighted by atomic mass is 32.1. The van der Waals surface area contributed by atoms with Gasteiger partial charge in [-0.2, -0.15) is 0 Å². The molecule has 0 unspecified atom stereocenters. The largest absolute Gasteiger partial charge is 0.143 e. The first kappa shape index (κ1) is 29.8. The molecular formula is C50H26S4. The first-order valence-corrected chi connectivity index (χ1v) is 21.6. The lowest BCUT2D eigenvalue weighted by Gasteiger charge is -2.16. The van der Waals surface area contributed by atoms with Crippen molar-refractivity contribution < 1.29 is 0 Å². The molecular weight excluding hydrogens is 729 g/mol. The maximum absolute atomic E-state index is 2.52. The van der Waals surface area contributed by atoms with E-state index in [1.165, 1.54) is 126 Å². The van der Waals surface area contributed by atoms with Crippen LogP contribution in [0.1, 0.15) is 0 Å². The number of benzene rings is 9. The Labute approximate surface area is 325 Å². The van der Waals surface area contributed by atoms with Crippen molar-refractivity contribution >= 4 is 149 Å². The van der Waals surface area contributed by atoms with Crippen LogP contribution in [0.25, 0.3) is 126 Å². The second-order valence-electron chi connectivity index (χ2n) is 14.4. The Hall–Kier alpha value is -5.62. The van der Waals surface area contributed by atoms with E-state index in [-0.39, 0.29) is 0 Å². The van der Waals surface area contributed by atoms with Crippen molar-refractivity contribution in [2.75, 3.05) is 0 Å². The minimum atomic E-state index is 1.29. The fourth-order valence-corrected chi connectivity index (χ4v) is 13.6. The maximum atomic E-state index is 2.52. The number of rotatable bonds is 2. The van der Waals surface area contributed by atoms with Crippen LogP contribution < -0.4 is 0 Å². The van der Waals surface area contributed by atoms with E-state index in [4.69, 9.17) is 0 Å². The molecule has 0 aliphatic carbocycles. The normalized spacial score (nSPS) is 12.4. The molecule has 4 aromatic heterocycles. The van der Waals surface area contributed by atoms with Crippen LogP contribution in [0.2, 0.25) is 0 Å².